The first-order valence-corrected chi connectivity index (χ1v) is 10.3. The maximum Gasteiger partial charge on any atom is 0.272 e. The van der Waals surface area contributed by atoms with Gasteiger partial charge in [-0.25, -0.2) is 4.90 Å². The van der Waals surface area contributed by atoms with E-state index in [0.717, 1.165) is 11.3 Å². The van der Waals surface area contributed by atoms with Gasteiger partial charge in [0.25, 0.3) is 11.8 Å². The molecule has 0 saturated carbocycles. The smallest absolute Gasteiger partial charge is 0.272 e. The van der Waals surface area contributed by atoms with Gasteiger partial charge in [-0.15, -0.1) is 11.8 Å². The van der Waals surface area contributed by atoms with E-state index in [2.05, 4.69) is 0 Å². The maximum atomic E-state index is 13.2. The third-order valence-electron chi connectivity index (χ3n) is 4.33. The molecule has 0 aromatic heterocycles. The van der Waals surface area contributed by atoms with Crippen LogP contribution in [-0.4, -0.2) is 43.0 Å². The molecule has 6 nitrogen and oxygen atoms in total. The number of aliphatic hydroxyl groups is 1. The van der Waals surface area contributed by atoms with Crippen molar-refractivity contribution >= 4 is 34.8 Å². The largest absolute Gasteiger partial charge is 0.497 e. The number of rotatable bonds is 9. The molecule has 29 heavy (non-hydrogen) atoms. The molecule has 1 N–H and O–H groups in total. The number of amides is 2. The summed E-state index contributed by atoms with van der Waals surface area (Å²) in [4.78, 5) is 27.8. The highest BCUT2D eigenvalue weighted by Gasteiger charge is 2.40. The lowest BCUT2D eigenvalue weighted by Gasteiger charge is -2.15. The fourth-order valence-corrected chi connectivity index (χ4v) is 3.81. The van der Waals surface area contributed by atoms with Crippen molar-refractivity contribution < 1.29 is 24.2 Å². The summed E-state index contributed by atoms with van der Waals surface area (Å²) < 4.78 is 10.7. The van der Waals surface area contributed by atoms with Crippen LogP contribution in [0.5, 0.6) is 11.5 Å². The summed E-state index contributed by atoms with van der Waals surface area (Å²) in [6.07, 6.45) is 0.901. The van der Waals surface area contributed by atoms with E-state index < -0.39 is 0 Å². The van der Waals surface area contributed by atoms with E-state index in [1.165, 1.54) is 11.8 Å². The number of imide groups is 1. The first kappa shape index (κ1) is 21.0. The Kier molecular flexibility index (Phi) is 6.95. The van der Waals surface area contributed by atoms with Gasteiger partial charge in [-0.1, -0.05) is 19.1 Å². The quantitative estimate of drug-likeness (QED) is 0.634. The Morgan fingerprint density at radius 2 is 1.62 bits per heavy atom. The second-order valence-electron chi connectivity index (χ2n) is 6.29. The molecule has 0 bridgehead atoms. The number of ether oxygens (including phenoxy) is 2. The fourth-order valence-electron chi connectivity index (χ4n) is 2.95. The van der Waals surface area contributed by atoms with Crippen molar-refractivity contribution in [2.24, 2.45) is 0 Å². The van der Waals surface area contributed by atoms with Crippen LogP contribution in [0.3, 0.4) is 0 Å². The molecule has 0 aliphatic carbocycles. The SMILES string of the molecule is CCCOc1ccc(C2=C(SCCO)C(=O)N(c3ccc(OC)cc3)C2=O)cc1. The molecule has 3 rings (SSSR count). The highest BCUT2D eigenvalue weighted by Crippen LogP contribution is 2.39. The van der Waals surface area contributed by atoms with Crippen LogP contribution in [0.4, 0.5) is 5.69 Å². The summed E-state index contributed by atoms with van der Waals surface area (Å²) in [5.41, 5.74) is 1.45. The number of hydrogen-bond acceptors (Lipinski definition) is 6. The molecule has 0 atom stereocenters. The number of methoxy groups -OCH3 is 1. The lowest BCUT2D eigenvalue weighted by molar-refractivity contribution is -0.119. The number of benzene rings is 2. The van der Waals surface area contributed by atoms with Crippen LogP contribution in [0.2, 0.25) is 0 Å². The molecule has 1 aliphatic rings. The molecule has 0 unspecified atom stereocenters. The van der Waals surface area contributed by atoms with Crippen LogP contribution in [0.1, 0.15) is 18.9 Å². The van der Waals surface area contributed by atoms with Gasteiger partial charge in [0.2, 0.25) is 0 Å². The predicted molar refractivity (Wildman–Crippen MR) is 114 cm³/mol. The van der Waals surface area contributed by atoms with Gasteiger partial charge in [0.15, 0.2) is 0 Å². The Morgan fingerprint density at radius 1 is 0.966 bits per heavy atom. The first-order valence-electron chi connectivity index (χ1n) is 9.34. The summed E-state index contributed by atoms with van der Waals surface area (Å²) in [5.74, 6) is 0.900. The van der Waals surface area contributed by atoms with Gasteiger partial charge in [-0.05, 0) is 48.4 Å². The van der Waals surface area contributed by atoms with Crippen LogP contribution < -0.4 is 14.4 Å². The number of thioether (sulfide) groups is 1. The van der Waals surface area contributed by atoms with E-state index in [0.29, 0.717) is 45.6 Å². The monoisotopic (exact) mass is 413 g/mol. The molecule has 0 saturated heterocycles. The average Bonchev–Trinajstić information content (AvgIpc) is 3.00. The zero-order valence-corrected chi connectivity index (χ0v) is 17.2. The zero-order chi connectivity index (χ0) is 20.8. The Labute approximate surface area is 174 Å². The van der Waals surface area contributed by atoms with Crippen LogP contribution >= 0.6 is 11.8 Å². The van der Waals surface area contributed by atoms with E-state index in [1.807, 2.05) is 6.92 Å². The molecule has 152 valence electrons. The third kappa shape index (κ3) is 4.46. The standard InChI is InChI=1S/C22H23NO5S/c1-3-13-28-18-8-4-15(5-9-18)19-20(29-14-12-24)22(26)23(21(19)25)16-6-10-17(27-2)11-7-16/h4-11,24H,3,12-14H2,1-2H3. The van der Waals surface area contributed by atoms with E-state index in [-0.39, 0.29) is 18.4 Å². The minimum absolute atomic E-state index is 0.0880. The topological polar surface area (TPSA) is 76.1 Å². The highest BCUT2D eigenvalue weighted by atomic mass is 32.2. The second-order valence-corrected chi connectivity index (χ2v) is 7.40. The Hall–Kier alpha value is -2.77. The van der Waals surface area contributed by atoms with Gasteiger partial charge in [0.1, 0.15) is 11.5 Å². The predicted octanol–water partition coefficient (Wildman–Crippen LogP) is 3.49. The van der Waals surface area contributed by atoms with Crippen LogP contribution in [0.15, 0.2) is 53.4 Å². The van der Waals surface area contributed by atoms with Gasteiger partial charge < -0.3 is 14.6 Å². The van der Waals surface area contributed by atoms with Crippen molar-refractivity contribution in [3.63, 3.8) is 0 Å². The molecular formula is C22H23NO5S. The average molecular weight is 413 g/mol. The molecule has 1 aliphatic heterocycles. The first-order chi connectivity index (χ1) is 14.1. The molecule has 0 spiro atoms. The summed E-state index contributed by atoms with van der Waals surface area (Å²) in [6, 6.07) is 13.9. The normalized spacial score (nSPS) is 14.0. The van der Waals surface area contributed by atoms with Gasteiger partial charge in [0, 0.05) is 5.75 Å². The van der Waals surface area contributed by atoms with Crippen LogP contribution in [-0.2, 0) is 9.59 Å². The zero-order valence-electron chi connectivity index (χ0n) is 16.4. The van der Waals surface area contributed by atoms with Gasteiger partial charge in [-0.3, -0.25) is 9.59 Å². The van der Waals surface area contributed by atoms with Crippen molar-refractivity contribution in [2.75, 3.05) is 31.0 Å². The van der Waals surface area contributed by atoms with Crippen molar-refractivity contribution in [1.29, 1.82) is 0 Å². The molecule has 2 aromatic rings. The fraction of sp³-hybridized carbons (Fsp3) is 0.273. The van der Waals surface area contributed by atoms with Crippen molar-refractivity contribution in [3.05, 3.63) is 59.0 Å². The van der Waals surface area contributed by atoms with Crippen LogP contribution in [0.25, 0.3) is 5.57 Å². The molecule has 2 amide bonds. The van der Waals surface area contributed by atoms with Gasteiger partial charge in [0.05, 0.1) is 36.5 Å². The number of anilines is 1. The summed E-state index contributed by atoms with van der Waals surface area (Å²) in [5, 5.41) is 9.21. The molecule has 0 fully saturated rings. The minimum atomic E-state index is -0.389. The van der Waals surface area contributed by atoms with E-state index in [4.69, 9.17) is 9.47 Å². The van der Waals surface area contributed by atoms with Crippen molar-refractivity contribution in [2.45, 2.75) is 13.3 Å². The highest BCUT2D eigenvalue weighted by molar-refractivity contribution is 8.04. The molecule has 7 heteroatoms. The Morgan fingerprint density at radius 3 is 2.21 bits per heavy atom. The third-order valence-corrected chi connectivity index (χ3v) is 5.38. The number of carbonyl (C=O) groups excluding carboxylic acids is 2. The van der Waals surface area contributed by atoms with Crippen molar-refractivity contribution in [1.82, 2.24) is 0 Å². The number of nitrogens with zero attached hydrogens (tertiary/aromatic N) is 1. The summed E-state index contributed by atoms with van der Waals surface area (Å²) >= 11 is 1.18. The molecule has 1 heterocycles. The summed E-state index contributed by atoms with van der Waals surface area (Å²) in [6.45, 7) is 2.55. The second kappa shape index (κ2) is 9.62. The maximum absolute atomic E-state index is 13.2. The van der Waals surface area contributed by atoms with Gasteiger partial charge in [-0.2, -0.15) is 0 Å². The molecule has 2 aromatic carbocycles. The van der Waals surface area contributed by atoms with Crippen molar-refractivity contribution in [3.8, 4) is 11.5 Å². The lowest BCUT2D eigenvalue weighted by Crippen LogP contribution is -2.31. The summed E-state index contributed by atoms with van der Waals surface area (Å²) in [7, 11) is 1.55. The lowest BCUT2D eigenvalue weighted by atomic mass is 10.1. The minimum Gasteiger partial charge on any atom is -0.497 e. The Balaban J connectivity index is 1.95. The molecular weight excluding hydrogens is 390 g/mol. The number of aliphatic hydroxyl groups excluding tert-OH is 1. The number of hydrogen-bond donors (Lipinski definition) is 1. The number of carbonyl (C=O) groups is 2. The Bertz CT molecular complexity index is 906. The molecule has 0 radical (unpaired) electrons. The van der Waals surface area contributed by atoms with Crippen LogP contribution in [0, 0.1) is 0 Å². The van der Waals surface area contributed by atoms with E-state index in [1.54, 1.807) is 55.6 Å². The van der Waals surface area contributed by atoms with E-state index >= 15 is 0 Å². The van der Waals surface area contributed by atoms with E-state index in [9.17, 15) is 14.7 Å². The van der Waals surface area contributed by atoms with Gasteiger partial charge >= 0.3 is 0 Å².